The Morgan fingerprint density at radius 3 is 2.67 bits per heavy atom. The number of hydrogen-bond acceptors (Lipinski definition) is 2. The molecule has 0 atom stereocenters. The van der Waals surface area contributed by atoms with Gasteiger partial charge in [-0.25, -0.2) is 4.99 Å². The Hall–Kier alpha value is -0.990. The number of benzene rings is 1. The molecule has 0 saturated carbocycles. The Kier molecular flexibility index (Phi) is 3.69. The number of halogens is 2. The lowest BCUT2D eigenvalue weighted by atomic mass is 10.1. The lowest BCUT2D eigenvalue weighted by molar-refractivity contribution is 0.279. The predicted octanol–water partition coefficient (Wildman–Crippen LogP) is 4.60. The minimum atomic E-state index is -0.145. The van der Waals surface area contributed by atoms with Crippen LogP contribution in [0.5, 0.6) is 0 Å². The summed E-state index contributed by atoms with van der Waals surface area (Å²) >= 11 is 12.0. The predicted molar refractivity (Wildman–Crippen MR) is 77.6 cm³/mol. The topological polar surface area (TPSA) is 21.6 Å². The summed E-state index contributed by atoms with van der Waals surface area (Å²) in [6.07, 6.45) is 1.96. The van der Waals surface area contributed by atoms with Gasteiger partial charge in [0.2, 0.25) is 5.90 Å². The summed E-state index contributed by atoms with van der Waals surface area (Å²) in [6, 6.07) is 5.42. The van der Waals surface area contributed by atoms with Gasteiger partial charge in [0.1, 0.15) is 6.61 Å². The SMILES string of the molecule is C/C(=C\c1ccc(Cl)cc1Cl)C1=NC(C)(C)CO1. The van der Waals surface area contributed by atoms with Gasteiger partial charge >= 0.3 is 0 Å². The quantitative estimate of drug-likeness (QED) is 0.777. The van der Waals surface area contributed by atoms with Crippen LogP contribution in [0.2, 0.25) is 10.0 Å². The van der Waals surface area contributed by atoms with E-state index in [1.165, 1.54) is 0 Å². The van der Waals surface area contributed by atoms with E-state index >= 15 is 0 Å². The smallest absolute Gasteiger partial charge is 0.212 e. The van der Waals surface area contributed by atoms with Crippen molar-refractivity contribution < 1.29 is 4.74 Å². The fourth-order valence-electron chi connectivity index (χ4n) is 1.70. The highest BCUT2D eigenvalue weighted by Crippen LogP contribution is 2.25. The molecule has 0 spiro atoms. The summed E-state index contributed by atoms with van der Waals surface area (Å²) in [5, 5.41) is 1.25. The van der Waals surface area contributed by atoms with Gasteiger partial charge in [0.05, 0.1) is 5.54 Å². The van der Waals surface area contributed by atoms with Gasteiger partial charge in [0.25, 0.3) is 0 Å². The molecule has 0 N–H and O–H groups in total. The fourth-order valence-corrected chi connectivity index (χ4v) is 2.16. The average Bonchev–Trinajstić information content (AvgIpc) is 2.63. The van der Waals surface area contributed by atoms with Crippen molar-refractivity contribution >= 4 is 35.2 Å². The van der Waals surface area contributed by atoms with E-state index in [0.29, 0.717) is 22.5 Å². The maximum absolute atomic E-state index is 6.13. The first kappa shape index (κ1) is 13.4. The van der Waals surface area contributed by atoms with Crippen LogP contribution in [0.15, 0.2) is 28.8 Å². The normalized spacial score (nSPS) is 18.5. The molecule has 1 aliphatic heterocycles. The van der Waals surface area contributed by atoms with Gasteiger partial charge in [0.15, 0.2) is 0 Å². The van der Waals surface area contributed by atoms with Crippen molar-refractivity contribution in [3.05, 3.63) is 39.4 Å². The molecule has 2 nitrogen and oxygen atoms in total. The second-order valence-corrected chi connectivity index (χ2v) is 5.85. The van der Waals surface area contributed by atoms with Crippen LogP contribution in [-0.2, 0) is 4.74 Å². The molecule has 0 radical (unpaired) electrons. The van der Waals surface area contributed by atoms with E-state index < -0.39 is 0 Å². The molecule has 0 saturated heterocycles. The van der Waals surface area contributed by atoms with E-state index in [-0.39, 0.29) is 5.54 Å². The van der Waals surface area contributed by atoms with Crippen LogP contribution >= 0.6 is 23.2 Å². The van der Waals surface area contributed by atoms with Crippen LogP contribution in [0.25, 0.3) is 6.08 Å². The summed E-state index contributed by atoms with van der Waals surface area (Å²) in [5.74, 6) is 0.686. The number of aliphatic imine (C=N–C) groups is 1. The lowest BCUT2D eigenvalue weighted by Gasteiger charge is -2.07. The summed E-state index contributed by atoms with van der Waals surface area (Å²) in [5.41, 5.74) is 1.73. The first-order chi connectivity index (χ1) is 8.37. The Labute approximate surface area is 117 Å². The first-order valence-corrected chi connectivity index (χ1v) is 6.49. The molecule has 18 heavy (non-hydrogen) atoms. The van der Waals surface area contributed by atoms with E-state index in [4.69, 9.17) is 27.9 Å². The fraction of sp³-hybridized carbons (Fsp3) is 0.357. The Morgan fingerprint density at radius 2 is 2.11 bits per heavy atom. The molecule has 1 aromatic carbocycles. The summed E-state index contributed by atoms with van der Waals surface area (Å²) < 4.78 is 5.58. The van der Waals surface area contributed by atoms with E-state index in [1.807, 2.05) is 39.0 Å². The number of hydrogen-bond donors (Lipinski definition) is 0. The van der Waals surface area contributed by atoms with E-state index in [1.54, 1.807) is 6.07 Å². The maximum atomic E-state index is 6.13. The van der Waals surface area contributed by atoms with Gasteiger partial charge in [-0.3, -0.25) is 0 Å². The monoisotopic (exact) mass is 283 g/mol. The van der Waals surface area contributed by atoms with Crippen molar-refractivity contribution in [3.63, 3.8) is 0 Å². The van der Waals surface area contributed by atoms with Gasteiger partial charge in [-0.15, -0.1) is 0 Å². The van der Waals surface area contributed by atoms with Crippen molar-refractivity contribution in [3.8, 4) is 0 Å². The van der Waals surface area contributed by atoms with Crippen LogP contribution in [-0.4, -0.2) is 18.0 Å². The molecular weight excluding hydrogens is 269 g/mol. The number of nitrogens with zero attached hydrogens (tertiary/aromatic N) is 1. The highest BCUT2D eigenvalue weighted by atomic mass is 35.5. The van der Waals surface area contributed by atoms with Gasteiger partial charge in [0, 0.05) is 15.6 Å². The van der Waals surface area contributed by atoms with Gasteiger partial charge in [-0.1, -0.05) is 29.3 Å². The molecular formula is C14H15Cl2NO. The van der Waals surface area contributed by atoms with Crippen LogP contribution in [0, 0.1) is 0 Å². The average molecular weight is 284 g/mol. The standard InChI is InChI=1S/C14H15Cl2NO/c1-9(13-17-14(2,3)8-18-13)6-10-4-5-11(15)7-12(10)16/h4-7H,8H2,1-3H3/b9-6+. The molecule has 0 bridgehead atoms. The van der Waals surface area contributed by atoms with Crippen molar-refractivity contribution in [2.45, 2.75) is 26.3 Å². The zero-order valence-corrected chi connectivity index (χ0v) is 12.1. The van der Waals surface area contributed by atoms with Crippen molar-refractivity contribution in [2.24, 2.45) is 4.99 Å². The highest BCUT2D eigenvalue weighted by Gasteiger charge is 2.26. The van der Waals surface area contributed by atoms with Crippen molar-refractivity contribution in [2.75, 3.05) is 6.61 Å². The molecule has 1 aliphatic rings. The van der Waals surface area contributed by atoms with Crippen LogP contribution in [0.1, 0.15) is 26.3 Å². The maximum Gasteiger partial charge on any atom is 0.212 e. The van der Waals surface area contributed by atoms with E-state index in [2.05, 4.69) is 4.99 Å². The second-order valence-electron chi connectivity index (χ2n) is 5.01. The Bertz CT molecular complexity index is 533. The Morgan fingerprint density at radius 1 is 1.39 bits per heavy atom. The van der Waals surface area contributed by atoms with Crippen molar-refractivity contribution in [1.29, 1.82) is 0 Å². The van der Waals surface area contributed by atoms with Crippen molar-refractivity contribution in [1.82, 2.24) is 0 Å². The van der Waals surface area contributed by atoms with Gasteiger partial charge in [-0.2, -0.15) is 0 Å². The number of rotatable bonds is 2. The van der Waals surface area contributed by atoms with Crippen LogP contribution in [0.3, 0.4) is 0 Å². The zero-order valence-electron chi connectivity index (χ0n) is 10.6. The molecule has 4 heteroatoms. The molecule has 0 unspecified atom stereocenters. The molecule has 0 amide bonds. The molecule has 0 aliphatic carbocycles. The van der Waals surface area contributed by atoms with E-state index in [9.17, 15) is 0 Å². The minimum absolute atomic E-state index is 0.145. The first-order valence-electron chi connectivity index (χ1n) is 5.74. The van der Waals surface area contributed by atoms with Crippen LogP contribution < -0.4 is 0 Å². The molecule has 2 rings (SSSR count). The molecule has 0 fully saturated rings. The summed E-state index contributed by atoms with van der Waals surface area (Å²) in [6.45, 7) is 6.66. The van der Waals surface area contributed by atoms with Gasteiger partial charge < -0.3 is 4.74 Å². The third-order valence-corrected chi connectivity index (χ3v) is 3.20. The largest absolute Gasteiger partial charge is 0.475 e. The molecule has 0 aromatic heterocycles. The zero-order chi connectivity index (χ0) is 13.3. The summed E-state index contributed by atoms with van der Waals surface area (Å²) in [4.78, 5) is 4.52. The Balaban J connectivity index is 2.29. The summed E-state index contributed by atoms with van der Waals surface area (Å²) in [7, 11) is 0. The van der Waals surface area contributed by atoms with E-state index in [0.717, 1.165) is 11.1 Å². The number of ether oxygens (including phenoxy) is 1. The van der Waals surface area contributed by atoms with Gasteiger partial charge in [-0.05, 0) is 44.5 Å². The minimum Gasteiger partial charge on any atom is -0.475 e. The highest BCUT2D eigenvalue weighted by molar-refractivity contribution is 6.35. The molecule has 1 heterocycles. The second kappa shape index (κ2) is 4.94. The molecule has 1 aromatic rings. The molecule has 96 valence electrons. The third-order valence-electron chi connectivity index (χ3n) is 2.64. The lowest BCUT2D eigenvalue weighted by Crippen LogP contribution is -2.17. The van der Waals surface area contributed by atoms with Crippen LogP contribution in [0.4, 0.5) is 0 Å². The third kappa shape index (κ3) is 3.06.